The van der Waals surface area contributed by atoms with E-state index in [1.54, 1.807) is 31.4 Å². The molecule has 1 aromatic heterocycles. The van der Waals surface area contributed by atoms with Crippen LogP contribution in [0.4, 0.5) is 4.39 Å². The lowest BCUT2D eigenvalue weighted by Gasteiger charge is -2.09. The van der Waals surface area contributed by atoms with Crippen LogP contribution in [0, 0.1) is 12.7 Å². The third-order valence-corrected chi connectivity index (χ3v) is 5.06. The molecule has 0 spiro atoms. The zero-order valence-corrected chi connectivity index (χ0v) is 16.5. The van der Waals surface area contributed by atoms with Crippen molar-refractivity contribution in [1.82, 2.24) is 20.1 Å². The fraction of sp³-hybridized carbons (Fsp3) is 0.250. The monoisotopic (exact) mass is 400 g/mol. The Morgan fingerprint density at radius 1 is 1.14 bits per heavy atom. The zero-order chi connectivity index (χ0) is 19.9. The number of hydrogen-bond donors (Lipinski definition) is 1. The number of halogens is 1. The summed E-state index contributed by atoms with van der Waals surface area (Å²) < 4.78 is 20.0. The lowest BCUT2D eigenvalue weighted by Crippen LogP contribution is -2.26. The van der Waals surface area contributed by atoms with Gasteiger partial charge in [0.15, 0.2) is 5.16 Å². The molecule has 1 amide bonds. The summed E-state index contributed by atoms with van der Waals surface area (Å²) >= 11 is 1.53. The summed E-state index contributed by atoms with van der Waals surface area (Å²) in [6, 6.07) is 13.7. The molecule has 1 heterocycles. The molecular weight excluding hydrogens is 379 g/mol. The molecular formula is C20H21FN4O2S. The number of carbonyl (C=O) groups is 1. The SMILES string of the molecule is COCCNC(=O)c1ccc(CSc2nnc(C)n2-c2ccc(F)cc2)cc1. The van der Waals surface area contributed by atoms with E-state index in [0.717, 1.165) is 22.2 Å². The number of methoxy groups -OCH3 is 1. The van der Waals surface area contributed by atoms with Crippen molar-refractivity contribution >= 4 is 17.7 Å². The van der Waals surface area contributed by atoms with E-state index in [4.69, 9.17) is 4.74 Å². The highest BCUT2D eigenvalue weighted by Gasteiger charge is 2.12. The molecule has 8 heteroatoms. The predicted octanol–water partition coefficient (Wildman–Crippen LogP) is 3.38. The van der Waals surface area contributed by atoms with Crippen LogP contribution in [0.2, 0.25) is 0 Å². The van der Waals surface area contributed by atoms with E-state index in [9.17, 15) is 9.18 Å². The second-order valence-electron chi connectivity index (χ2n) is 6.08. The zero-order valence-electron chi connectivity index (χ0n) is 15.7. The van der Waals surface area contributed by atoms with Crippen molar-refractivity contribution in [2.75, 3.05) is 20.3 Å². The minimum absolute atomic E-state index is 0.122. The number of aromatic nitrogens is 3. The van der Waals surface area contributed by atoms with E-state index >= 15 is 0 Å². The number of hydrogen-bond acceptors (Lipinski definition) is 5. The molecule has 0 atom stereocenters. The fourth-order valence-electron chi connectivity index (χ4n) is 2.59. The van der Waals surface area contributed by atoms with Crippen molar-refractivity contribution in [1.29, 1.82) is 0 Å². The fourth-order valence-corrected chi connectivity index (χ4v) is 3.55. The molecule has 0 bridgehead atoms. The molecule has 0 saturated heterocycles. The number of rotatable bonds is 8. The Kier molecular flexibility index (Phi) is 6.78. The van der Waals surface area contributed by atoms with E-state index in [2.05, 4.69) is 15.5 Å². The smallest absolute Gasteiger partial charge is 0.251 e. The summed E-state index contributed by atoms with van der Waals surface area (Å²) in [5.74, 6) is 1.00. The molecule has 3 rings (SSSR count). The highest BCUT2D eigenvalue weighted by molar-refractivity contribution is 7.98. The molecule has 0 fully saturated rings. The molecule has 0 unspecified atom stereocenters. The van der Waals surface area contributed by atoms with Gasteiger partial charge in [0.25, 0.3) is 5.91 Å². The number of nitrogens with zero attached hydrogens (tertiary/aromatic N) is 3. The van der Waals surface area contributed by atoms with Crippen LogP contribution in [0.1, 0.15) is 21.7 Å². The van der Waals surface area contributed by atoms with E-state index in [1.807, 2.05) is 23.6 Å². The van der Waals surface area contributed by atoms with Crippen LogP contribution in [0.5, 0.6) is 0 Å². The van der Waals surface area contributed by atoms with E-state index in [-0.39, 0.29) is 11.7 Å². The molecule has 28 heavy (non-hydrogen) atoms. The van der Waals surface area contributed by atoms with E-state index < -0.39 is 0 Å². The summed E-state index contributed by atoms with van der Waals surface area (Å²) in [6.07, 6.45) is 0. The molecule has 0 aliphatic rings. The third kappa shape index (κ3) is 4.96. The summed E-state index contributed by atoms with van der Waals surface area (Å²) in [4.78, 5) is 12.0. The lowest BCUT2D eigenvalue weighted by atomic mass is 10.1. The molecule has 6 nitrogen and oxygen atoms in total. The van der Waals surface area contributed by atoms with Gasteiger partial charge in [-0.25, -0.2) is 4.39 Å². The van der Waals surface area contributed by atoms with Crippen LogP contribution in [0.25, 0.3) is 5.69 Å². The van der Waals surface area contributed by atoms with Gasteiger partial charge in [-0.2, -0.15) is 0 Å². The number of ether oxygens (including phenoxy) is 1. The largest absolute Gasteiger partial charge is 0.383 e. The quantitative estimate of drug-likeness (QED) is 0.464. The molecule has 0 aliphatic heterocycles. The number of amides is 1. The Hall–Kier alpha value is -2.71. The second kappa shape index (κ2) is 9.48. The van der Waals surface area contributed by atoms with Gasteiger partial charge in [0.1, 0.15) is 11.6 Å². The summed E-state index contributed by atoms with van der Waals surface area (Å²) in [5, 5.41) is 11.9. The van der Waals surface area contributed by atoms with Crippen LogP contribution in [0.3, 0.4) is 0 Å². The molecule has 3 aromatic rings. The second-order valence-corrected chi connectivity index (χ2v) is 7.02. The van der Waals surface area contributed by atoms with Gasteiger partial charge < -0.3 is 10.1 Å². The topological polar surface area (TPSA) is 69.0 Å². The van der Waals surface area contributed by atoms with E-state index in [1.165, 1.54) is 23.9 Å². The first-order valence-corrected chi connectivity index (χ1v) is 9.74. The Labute approximate surface area is 167 Å². The Bertz CT molecular complexity index is 926. The van der Waals surface area contributed by atoms with Crippen molar-refractivity contribution in [2.45, 2.75) is 17.8 Å². The van der Waals surface area contributed by atoms with Gasteiger partial charge in [0, 0.05) is 30.7 Å². The molecule has 0 radical (unpaired) electrons. The van der Waals surface area contributed by atoms with Gasteiger partial charge >= 0.3 is 0 Å². The normalized spacial score (nSPS) is 10.8. The highest BCUT2D eigenvalue weighted by atomic mass is 32.2. The number of benzene rings is 2. The Balaban J connectivity index is 1.65. The summed E-state index contributed by atoms with van der Waals surface area (Å²) in [7, 11) is 1.59. The highest BCUT2D eigenvalue weighted by Crippen LogP contribution is 2.25. The lowest BCUT2D eigenvalue weighted by molar-refractivity contribution is 0.0937. The van der Waals surface area contributed by atoms with Crippen LogP contribution >= 0.6 is 11.8 Å². The maximum atomic E-state index is 13.2. The maximum absolute atomic E-state index is 13.2. The minimum Gasteiger partial charge on any atom is -0.383 e. The Morgan fingerprint density at radius 2 is 1.86 bits per heavy atom. The van der Waals surface area contributed by atoms with Crippen molar-refractivity contribution in [3.05, 3.63) is 71.3 Å². The van der Waals surface area contributed by atoms with Gasteiger partial charge in [-0.1, -0.05) is 23.9 Å². The average Bonchev–Trinajstić information content (AvgIpc) is 3.08. The van der Waals surface area contributed by atoms with Crippen LogP contribution in [0.15, 0.2) is 53.7 Å². The molecule has 1 N–H and O–H groups in total. The molecule has 0 saturated carbocycles. The van der Waals surface area contributed by atoms with Gasteiger partial charge in [0.05, 0.1) is 6.61 Å². The average molecular weight is 400 g/mol. The van der Waals surface area contributed by atoms with Crippen molar-refractivity contribution < 1.29 is 13.9 Å². The first kappa shape index (κ1) is 20.0. The molecule has 0 aliphatic carbocycles. The maximum Gasteiger partial charge on any atom is 0.251 e. The minimum atomic E-state index is -0.282. The van der Waals surface area contributed by atoms with E-state index in [0.29, 0.717) is 24.5 Å². The third-order valence-electron chi connectivity index (χ3n) is 4.06. The molecule has 2 aromatic carbocycles. The van der Waals surface area contributed by atoms with Gasteiger partial charge in [-0.15, -0.1) is 10.2 Å². The van der Waals surface area contributed by atoms with Crippen molar-refractivity contribution in [3.63, 3.8) is 0 Å². The molecule has 146 valence electrons. The predicted molar refractivity (Wildman–Crippen MR) is 106 cm³/mol. The first-order chi connectivity index (χ1) is 13.6. The number of nitrogens with one attached hydrogen (secondary N) is 1. The summed E-state index contributed by atoms with van der Waals surface area (Å²) in [6.45, 7) is 2.82. The van der Waals surface area contributed by atoms with Crippen molar-refractivity contribution in [2.24, 2.45) is 0 Å². The number of aryl methyl sites for hydroxylation is 1. The first-order valence-electron chi connectivity index (χ1n) is 8.75. The van der Waals surface area contributed by atoms with Gasteiger partial charge in [-0.3, -0.25) is 9.36 Å². The standard InChI is InChI=1S/C20H21FN4O2S/c1-14-23-24-20(25(14)18-9-7-17(21)8-10-18)28-13-15-3-5-16(6-4-15)19(26)22-11-12-27-2/h3-10H,11-13H2,1-2H3,(H,22,26). The van der Waals surface area contributed by atoms with Gasteiger partial charge in [0.2, 0.25) is 0 Å². The number of carbonyl (C=O) groups excluding carboxylic acids is 1. The van der Waals surface area contributed by atoms with Crippen LogP contribution in [-0.2, 0) is 10.5 Å². The summed E-state index contributed by atoms with van der Waals surface area (Å²) in [5.41, 5.74) is 2.48. The van der Waals surface area contributed by atoms with Crippen LogP contribution in [-0.4, -0.2) is 40.9 Å². The van der Waals surface area contributed by atoms with Gasteiger partial charge in [-0.05, 0) is 48.9 Å². The Morgan fingerprint density at radius 3 is 2.54 bits per heavy atom. The number of thioether (sulfide) groups is 1. The van der Waals surface area contributed by atoms with Crippen LogP contribution < -0.4 is 5.32 Å². The van der Waals surface area contributed by atoms with Crippen molar-refractivity contribution in [3.8, 4) is 5.69 Å².